The lowest BCUT2D eigenvalue weighted by Crippen LogP contribution is -1.85. The molecule has 0 radical (unpaired) electrons. The molecule has 15 heavy (non-hydrogen) atoms. The highest BCUT2D eigenvalue weighted by atomic mass is 35.5. The van der Waals surface area contributed by atoms with Gasteiger partial charge in [-0.1, -0.05) is 23.7 Å². The Bertz CT molecular complexity index is 497. The van der Waals surface area contributed by atoms with Crippen LogP contribution in [-0.2, 0) is 0 Å². The lowest BCUT2D eigenvalue weighted by molar-refractivity contribution is 0.475. The number of benzene rings is 1. The third kappa shape index (κ3) is 2.10. The third-order valence-corrected chi connectivity index (χ3v) is 2.59. The summed E-state index contributed by atoms with van der Waals surface area (Å²) in [5.74, 6) is 0.228. The first kappa shape index (κ1) is 9.99. The van der Waals surface area contributed by atoms with Crippen LogP contribution in [0.1, 0.15) is 5.56 Å². The Morgan fingerprint density at radius 2 is 2.07 bits per heavy atom. The number of rotatable bonds is 1. The number of aryl methyl sites for hydroxylation is 1. The molecule has 0 aliphatic heterocycles. The van der Waals surface area contributed by atoms with Gasteiger partial charge in [0.25, 0.3) is 0 Å². The molecule has 76 valence electrons. The summed E-state index contributed by atoms with van der Waals surface area (Å²) in [6.45, 7) is 1.90. The number of hydrogen-bond donors (Lipinski definition) is 1. The second-order valence-corrected chi connectivity index (χ2v) is 3.78. The summed E-state index contributed by atoms with van der Waals surface area (Å²) in [5.41, 5.74) is 2.57. The van der Waals surface area contributed by atoms with Crippen LogP contribution in [0, 0.1) is 6.92 Å². The van der Waals surface area contributed by atoms with Gasteiger partial charge in [0.1, 0.15) is 5.75 Å². The minimum atomic E-state index is 0.228. The molecule has 3 heteroatoms. The van der Waals surface area contributed by atoms with E-state index in [0.717, 1.165) is 16.8 Å². The Hall–Kier alpha value is -1.54. The number of hydrogen-bond acceptors (Lipinski definition) is 2. The Labute approximate surface area is 93.2 Å². The maximum absolute atomic E-state index is 9.34. The summed E-state index contributed by atoms with van der Waals surface area (Å²) >= 11 is 6.00. The molecule has 0 fully saturated rings. The molecule has 2 aromatic rings. The standard InChI is InChI=1S/C12H10ClNO/c1-8-7-14-12(6-11(8)13)9-3-2-4-10(15)5-9/h2-7,15H,1H3. The van der Waals surface area contributed by atoms with Crippen molar-refractivity contribution in [3.63, 3.8) is 0 Å². The van der Waals surface area contributed by atoms with Crippen molar-refractivity contribution in [2.24, 2.45) is 0 Å². The number of nitrogens with zero attached hydrogens (tertiary/aromatic N) is 1. The molecule has 0 spiro atoms. The van der Waals surface area contributed by atoms with Crippen LogP contribution in [0.3, 0.4) is 0 Å². The highest BCUT2D eigenvalue weighted by Crippen LogP contribution is 2.24. The van der Waals surface area contributed by atoms with Crippen LogP contribution in [0.4, 0.5) is 0 Å². The van der Waals surface area contributed by atoms with Crippen molar-refractivity contribution in [1.29, 1.82) is 0 Å². The van der Waals surface area contributed by atoms with E-state index in [1.54, 1.807) is 30.5 Å². The molecule has 0 saturated carbocycles. The SMILES string of the molecule is Cc1cnc(-c2cccc(O)c2)cc1Cl. The Morgan fingerprint density at radius 1 is 1.27 bits per heavy atom. The molecule has 2 rings (SSSR count). The number of aromatic nitrogens is 1. The van der Waals surface area contributed by atoms with Crippen molar-refractivity contribution in [2.75, 3.05) is 0 Å². The van der Waals surface area contributed by atoms with Gasteiger partial charge in [0.2, 0.25) is 0 Å². The van der Waals surface area contributed by atoms with Crippen LogP contribution in [-0.4, -0.2) is 10.1 Å². The monoisotopic (exact) mass is 219 g/mol. The molecule has 0 aliphatic rings. The normalized spacial score (nSPS) is 10.3. The van der Waals surface area contributed by atoms with Crippen molar-refractivity contribution in [3.05, 3.63) is 47.1 Å². The largest absolute Gasteiger partial charge is 0.508 e. The maximum atomic E-state index is 9.34. The molecule has 0 unspecified atom stereocenters. The first-order valence-corrected chi connectivity index (χ1v) is 4.96. The zero-order valence-electron chi connectivity index (χ0n) is 8.24. The topological polar surface area (TPSA) is 33.1 Å². The van der Waals surface area contributed by atoms with Gasteiger partial charge >= 0.3 is 0 Å². The molecule has 0 aliphatic carbocycles. The van der Waals surface area contributed by atoms with Crippen LogP contribution in [0.5, 0.6) is 5.75 Å². The summed E-state index contributed by atoms with van der Waals surface area (Å²) in [6, 6.07) is 8.74. The molecule has 1 heterocycles. The number of phenolic OH excluding ortho intramolecular Hbond substituents is 1. The van der Waals surface area contributed by atoms with E-state index in [0.29, 0.717) is 5.02 Å². The average molecular weight is 220 g/mol. The van der Waals surface area contributed by atoms with Gasteiger partial charge in [0.05, 0.1) is 5.69 Å². The molecular weight excluding hydrogens is 210 g/mol. The average Bonchev–Trinajstić information content (AvgIpc) is 2.22. The Kier molecular flexibility index (Phi) is 2.60. The van der Waals surface area contributed by atoms with Gasteiger partial charge in [0.15, 0.2) is 0 Å². The molecule has 0 atom stereocenters. The first-order valence-electron chi connectivity index (χ1n) is 4.58. The summed E-state index contributed by atoms with van der Waals surface area (Å²) in [5, 5.41) is 10.0. The van der Waals surface area contributed by atoms with Gasteiger partial charge in [-0.05, 0) is 30.7 Å². The number of halogens is 1. The van der Waals surface area contributed by atoms with E-state index < -0.39 is 0 Å². The smallest absolute Gasteiger partial charge is 0.116 e. The van der Waals surface area contributed by atoms with Crippen LogP contribution in [0.25, 0.3) is 11.3 Å². The highest BCUT2D eigenvalue weighted by molar-refractivity contribution is 6.31. The summed E-state index contributed by atoms with van der Waals surface area (Å²) in [7, 11) is 0. The molecule has 2 nitrogen and oxygen atoms in total. The second kappa shape index (κ2) is 3.91. The van der Waals surface area contributed by atoms with Gasteiger partial charge in [0, 0.05) is 16.8 Å². The molecule has 0 bridgehead atoms. The zero-order chi connectivity index (χ0) is 10.8. The molecule has 1 N–H and O–H groups in total. The van der Waals surface area contributed by atoms with E-state index in [9.17, 15) is 5.11 Å². The van der Waals surface area contributed by atoms with E-state index in [1.807, 2.05) is 13.0 Å². The van der Waals surface area contributed by atoms with E-state index >= 15 is 0 Å². The lowest BCUT2D eigenvalue weighted by Gasteiger charge is -2.03. The fourth-order valence-electron chi connectivity index (χ4n) is 1.32. The Balaban J connectivity index is 2.50. The summed E-state index contributed by atoms with van der Waals surface area (Å²) in [6.07, 6.45) is 1.72. The van der Waals surface area contributed by atoms with Crippen LogP contribution < -0.4 is 0 Å². The van der Waals surface area contributed by atoms with Crippen molar-refractivity contribution in [3.8, 4) is 17.0 Å². The second-order valence-electron chi connectivity index (χ2n) is 3.37. The van der Waals surface area contributed by atoms with E-state index in [2.05, 4.69) is 4.98 Å². The fraction of sp³-hybridized carbons (Fsp3) is 0.0833. The Morgan fingerprint density at radius 3 is 2.73 bits per heavy atom. The van der Waals surface area contributed by atoms with Gasteiger partial charge in [-0.2, -0.15) is 0 Å². The van der Waals surface area contributed by atoms with Gasteiger partial charge in [-0.15, -0.1) is 0 Å². The predicted octanol–water partition coefficient (Wildman–Crippen LogP) is 3.42. The third-order valence-electron chi connectivity index (χ3n) is 2.18. The summed E-state index contributed by atoms with van der Waals surface area (Å²) in [4.78, 5) is 4.25. The predicted molar refractivity (Wildman–Crippen MR) is 61.1 cm³/mol. The van der Waals surface area contributed by atoms with Gasteiger partial charge < -0.3 is 5.11 Å². The van der Waals surface area contributed by atoms with Crippen molar-refractivity contribution >= 4 is 11.6 Å². The van der Waals surface area contributed by atoms with Crippen LogP contribution >= 0.6 is 11.6 Å². The van der Waals surface area contributed by atoms with Crippen molar-refractivity contribution in [1.82, 2.24) is 4.98 Å². The molecule has 0 saturated heterocycles. The molecule has 0 amide bonds. The highest BCUT2D eigenvalue weighted by Gasteiger charge is 2.02. The van der Waals surface area contributed by atoms with E-state index in [-0.39, 0.29) is 5.75 Å². The summed E-state index contributed by atoms with van der Waals surface area (Å²) < 4.78 is 0. The fourth-order valence-corrected chi connectivity index (χ4v) is 1.47. The zero-order valence-corrected chi connectivity index (χ0v) is 8.99. The van der Waals surface area contributed by atoms with Crippen molar-refractivity contribution < 1.29 is 5.11 Å². The number of pyridine rings is 1. The lowest BCUT2D eigenvalue weighted by atomic mass is 10.1. The quantitative estimate of drug-likeness (QED) is 0.797. The maximum Gasteiger partial charge on any atom is 0.116 e. The van der Waals surface area contributed by atoms with Crippen molar-refractivity contribution in [2.45, 2.75) is 6.92 Å². The van der Waals surface area contributed by atoms with Crippen LogP contribution in [0.15, 0.2) is 36.5 Å². The van der Waals surface area contributed by atoms with E-state index in [4.69, 9.17) is 11.6 Å². The van der Waals surface area contributed by atoms with E-state index in [1.165, 1.54) is 0 Å². The molecular formula is C12H10ClNO. The van der Waals surface area contributed by atoms with Crippen LogP contribution in [0.2, 0.25) is 5.02 Å². The minimum absolute atomic E-state index is 0.228. The van der Waals surface area contributed by atoms with Gasteiger partial charge in [-0.25, -0.2) is 0 Å². The van der Waals surface area contributed by atoms with Gasteiger partial charge in [-0.3, -0.25) is 4.98 Å². The minimum Gasteiger partial charge on any atom is -0.508 e. The molecule has 1 aromatic heterocycles. The molecule has 1 aromatic carbocycles. The number of aromatic hydroxyl groups is 1. The number of phenols is 1. The first-order chi connectivity index (χ1) is 7.16.